The second-order valence-corrected chi connectivity index (χ2v) is 1.07. The molecule has 0 amide bonds. The van der Waals surface area contributed by atoms with Gasteiger partial charge in [0.2, 0.25) is 0 Å². The second kappa shape index (κ2) is 10.2. The van der Waals surface area contributed by atoms with Crippen molar-refractivity contribution >= 4 is 26.5 Å². The van der Waals surface area contributed by atoms with Gasteiger partial charge in [-0.05, 0) is 0 Å². The zero-order chi connectivity index (χ0) is 4.28. The number of rotatable bonds is 1. The molecular formula is H6AlNaO4Si. The molecule has 0 aromatic carbocycles. The summed E-state index contributed by atoms with van der Waals surface area (Å²) in [7, 11) is -3.07. The van der Waals surface area contributed by atoms with Crippen LogP contribution in [0.2, 0.25) is 0 Å². The van der Waals surface area contributed by atoms with E-state index < -0.39 is 9.17 Å². The smallest absolute Gasteiger partial charge is 1.00 e. The van der Waals surface area contributed by atoms with Crippen molar-refractivity contribution in [2.24, 2.45) is 0 Å². The van der Waals surface area contributed by atoms with Crippen LogP contribution in [0.4, 0.5) is 0 Å². The van der Waals surface area contributed by atoms with Crippen molar-refractivity contribution in [1.82, 2.24) is 0 Å². The largest absolute Gasteiger partial charge is 1.00 e. The minimum absolute atomic E-state index is 0. The van der Waals surface area contributed by atoms with Gasteiger partial charge in [-0.3, -0.25) is 4.46 Å². The van der Waals surface area contributed by atoms with Crippen LogP contribution < -0.4 is 29.6 Å². The predicted octanol–water partition coefficient (Wildman–Crippen LogP) is -5.18. The number of hydrogen-bond donors (Lipinski definition) is 2. The van der Waals surface area contributed by atoms with Gasteiger partial charge in [-0.15, -0.1) is 0 Å². The molecule has 0 bridgehead atoms. The van der Waals surface area contributed by atoms with Crippen molar-refractivity contribution < 1.29 is 50.1 Å². The molecule has 0 aromatic rings. The molecule has 0 radical (unpaired) electrons. The van der Waals surface area contributed by atoms with Crippen LogP contribution >= 0.6 is 0 Å². The van der Waals surface area contributed by atoms with E-state index in [1.54, 1.807) is 0 Å². The summed E-state index contributed by atoms with van der Waals surface area (Å²) in [6, 6.07) is 0. The van der Waals surface area contributed by atoms with Gasteiger partial charge >= 0.3 is 38.7 Å². The first-order valence-electron chi connectivity index (χ1n) is 0.814. The Kier molecular flexibility index (Phi) is 22.8. The molecule has 4 nitrogen and oxygen atoms in total. The Balaban J connectivity index is -0.0000000267. The average molecular weight is 148 g/mol. The molecule has 0 aliphatic carbocycles. The van der Waals surface area contributed by atoms with Crippen LogP contribution in [0, 0.1) is 0 Å². The Morgan fingerprint density at radius 2 is 1.86 bits per heavy atom. The minimum Gasteiger partial charge on any atom is -1.00 e. The molecule has 0 aliphatic rings. The monoisotopic (exact) mass is 148 g/mol. The van der Waals surface area contributed by atoms with Gasteiger partial charge in [0.15, 0.2) is 17.4 Å². The summed E-state index contributed by atoms with van der Waals surface area (Å²) in [6.07, 6.45) is 0. The van der Waals surface area contributed by atoms with Crippen LogP contribution in [0.5, 0.6) is 0 Å². The molecule has 0 heterocycles. The molecule has 0 rings (SSSR count). The first-order chi connectivity index (χ1) is 2.27. The van der Waals surface area contributed by atoms with Gasteiger partial charge < -0.3 is 10.8 Å². The molecule has 0 fully saturated rings. The number of hydrogen-bond acceptors (Lipinski definition) is 3. The van der Waals surface area contributed by atoms with E-state index in [1.165, 1.54) is 0 Å². The van der Waals surface area contributed by atoms with Crippen LogP contribution in [0.25, 0.3) is 0 Å². The summed E-state index contributed by atoms with van der Waals surface area (Å²) in [5.74, 6) is 0. The predicted molar refractivity (Wildman–Crippen MR) is 23.4 cm³/mol. The topological polar surface area (TPSA) is 66.8 Å². The van der Waals surface area contributed by atoms with Crippen LogP contribution in [0.1, 0.15) is 1.43 Å². The maximum atomic E-state index is 9.08. The summed E-state index contributed by atoms with van der Waals surface area (Å²) in [4.78, 5) is 7.44. The van der Waals surface area contributed by atoms with E-state index >= 15 is 0 Å². The summed E-state index contributed by atoms with van der Waals surface area (Å²) < 4.78 is 11.9. The quantitative estimate of drug-likeness (QED) is 0.221. The third-order valence-electron chi connectivity index (χ3n) is 0.0781. The zero-order valence-corrected chi connectivity index (χ0v) is 6.21. The van der Waals surface area contributed by atoms with Gasteiger partial charge in [0, 0.05) is 0 Å². The van der Waals surface area contributed by atoms with Gasteiger partial charge in [0.25, 0.3) is 0 Å². The van der Waals surface area contributed by atoms with Crippen molar-refractivity contribution in [2.75, 3.05) is 0 Å². The Morgan fingerprint density at radius 3 is 1.86 bits per heavy atom. The van der Waals surface area contributed by atoms with Crippen molar-refractivity contribution in [2.45, 2.75) is 0 Å². The molecule has 38 valence electrons. The summed E-state index contributed by atoms with van der Waals surface area (Å²) >= 11 is 0. The third-order valence-corrected chi connectivity index (χ3v) is 0.234. The Bertz CT molecular complexity index is 51.3. The molecule has 2 N–H and O–H groups in total. The zero-order valence-electron chi connectivity index (χ0n) is 4.21. The van der Waals surface area contributed by atoms with Crippen LogP contribution in [0.15, 0.2) is 0 Å². The van der Waals surface area contributed by atoms with Crippen molar-refractivity contribution in [3.63, 3.8) is 0 Å². The first kappa shape index (κ1) is 15.7. The van der Waals surface area contributed by atoms with E-state index in [0.717, 1.165) is 0 Å². The van der Waals surface area contributed by atoms with Crippen LogP contribution in [-0.4, -0.2) is 36.6 Å². The van der Waals surface area contributed by atoms with Gasteiger partial charge in [0.1, 0.15) is 0 Å². The standard InChI is InChI=1S/Al.Na.H2O4Si.4H/c;;1-4-5(2)3;;;;/h;;1-2H;;;;/q;+1;;;;;-1. The molecule has 0 saturated carbocycles. The molecule has 0 atom stereocenters. The Labute approximate surface area is 76.2 Å². The van der Waals surface area contributed by atoms with E-state index in [9.17, 15) is 0 Å². The molecule has 0 saturated heterocycles. The van der Waals surface area contributed by atoms with Crippen LogP contribution in [0.3, 0.4) is 0 Å². The van der Waals surface area contributed by atoms with Crippen molar-refractivity contribution in [1.29, 1.82) is 0 Å². The fourth-order valence-electron chi connectivity index (χ4n) is 0. The minimum atomic E-state index is -3.07. The van der Waals surface area contributed by atoms with Gasteiger partial charge in [-0.25, -0.2) is 5.26 Å². The normalized spacial score (nSPS) is 4.71. The maximum Gasteiger partial charge on any atom is 1.00 e. The van der Waals surface area contributed by atoms with Gasteiger partial charge in [0.05, 0.1) is 0 Å². The van der Waals surface area contributed by atoms with Crippen molar-refractivity contribution in [3.8, 4) is 0 Å². The SMILES string of the molecule is O=[Si](O)OO.[AlH3].[H-].[Na+]. The Morgan fingerprint density at radius 1 is 1.71 bits per heavy atom. The fourth-order valence-corrected chi connectivity index (χ4v) is 0. The summed E-state index contributed by atoms with van der Waals surface area (Å²) in [6.45, 7) is 0. The van der Waals surface area contributed by atoms with E-state index in [2.05, 4.69) is 4.58 Å². The maximum absolute atomic E-state index is 9.08. The van der Waals surface area contributed by atoms with E-state index in [0.29, 0.717) is 0 Å². The molecule has 0 unspecified atom stereocenters. The molecule has 7 heavy (non-hydrogen) atoms. The third kappa shape index (κ3) is 19.2. The van der Waals surface area contributed by atoms with E-state index in [4.69, 9.17) is 14.5 Å². The molecule has 0 spiro atoms. The molecule has 0 aliphatic heterocycles. The average Bonchev–Trinajstić information content (AvgIpc) is 1.38. The Hall–Kier alpha value is 1.11. The second-order valence-electron chi connectivity index (χ2n) is 0.357. The van der Waals surface area contributed by atoms with Crippen LogP contribution in [-0.2, 0) is 9.04 Å². The fraction of sp³-hybridized carbons (Fsp3) is 0. The first-order valence-corrected chi connectivity index (χ1v) is 2.08. The summed E-state index contributed by atoms with van der Waals surface area (Å²) in [5, 5.41) is 7.13. The van der Waals surface area contributed by atoms with Crippen molar-refractivity contribution in [3.05, 3.63) is 0 Å². The molecular weight excluding hydrogens is 142 g/mol. The molecule has 7 heteroatoms. The van der Waals surface area contributed by atoms with Gasteiger partial charge in [-0.1, -0.05) is 0 Å². The van der Waals surface area contributed by atoms with E-state index in [1.807, 2.05) is 0 Å². The van der Waals surface area contributed by atoms with Gasteiger partial charge in [-0.2, -0.15) is 0 Å². The summed E-state index contributed by atoms with van der Waals surface area (Å²) in [5.41, 5.74) is 0. The molecule has 0 aromatic heterocycles. The van der Waals surface area contributed by atoms with E-state index in [-0.39, 0.29) is 48.3 Å².